The van der Waals surface area contributed by atoms with Gasteiger partial charge >= 0.3 is 29.8 Å². The molecule has 2 unspecified atom stereocenters. The molecule has 0 fully saturated rings. The van der Waals surface area contributed by atoms with Gasteiger partial charge in [-0.25, -0.2) is 0 Å². The van der Waals surface area contributed by atoms with Gasteiger partial charge in [0.05, 0.1) is 19.3 Å². The molecule has 0 aliphatic rings. The third-order valence-corrected chi connectivity index (χ3v) is 3.02. The van der Waals surface area contributed by atoms with Gasteiger partial charge in [-0.3, -0.25) is 28.8 Å². The number of hydrogen-bond donors (Lipinski definition) is 0. The minimum atomic E-state index is -1.08. The van der Waals surface area contributed by atoms with Crippen LogP contribution in [0.2, 0.25) is 0 Å². The quantitative estimate of drug-likeness (QED) is 0.212. The van der Waals surface area contributed by atoms with Gasteiger partial charge in [0.2, 0.25) is 19.4 Å². The molecule has 0 aliphatic heterocycles. The summed E-state index contributed by atoms with van der Waals surface area (Å²) in [5, 5.41) is 0. The molecule has 0 saturated heterocycles. The topological polar surface area (TPSA) is 158 Å². The molecule has 0 bridgehead atoms. The number of ketones is 1. The van der Waals surface area contributed by atoms with Gasteiger partial charge in [0.1, 0.15) is 6.61 Å². The molecule has 0 N–H and O–H groups in total. The van der Waals surface area contributed by atoms with E-state index in [9.17, 15) is 28.8 Å². The van der Waals surface area contributed by atoms with E-state index in [4.69, 9.17) is 9.47 Å². The fraction of sp³-hybridized carbons (Fsp3) is 0.667. The van der Waals surface area contributed by atoms with Crippen LogP contribution in [-0.2, 0) is 57.2 Å². The highest BCUT2D eigenvalue weighted by atomic mass is 16.7. The Morgan fingerprint density at radius 1 is 0.633 bits per heavy atom. The highest BCUT2D eigenvalue weighted by Crippen LogP contribution is 2.02. The summed E-state index contributed by atoms with van der Waals surface area (Å²) in [5.41, 5.74) is 0. The van der Waals surface area contributed by atoms with Crippen molar-refractivity contribution >= 4 is 35.6 Å². The standard InChI is InChI=1S/C18H26O12/c1-11(19)28-13(3)25-9-15(21)5-6-16(22)26-10-27-17(23)7-8-18(24)30-14(4)29-12(2)20/h13-14H,5-10H2,1-4H3. The normalized spacial score (nSPS) is 12.1. The summed E-state index contributed by atoms with van der Waals surface area (Å²) in [6, 6.07) is 0. The first kappa shape index (κ1) is 27.0. The van der Waals surface area contributed by atoms with E-state index < -0.39 is 55.0 Å². The van der Waals surface area contributed by atoms with Crippen LogP contribution in [0.25, 0.3) is 0 Å². The van der Waals surface area contributed by atoms with Crippen molar-refractivity contribution in [2.45, 2.75) is 66.0 Å². The molecular weight excluding hydrogens is 408 g/mol. The van der Waals surface area contributed by atoms with Gasteiger partial charge in [0.15, 0.2) is 5.78 Å². The Labute approximate surface area is 173 Å². The van der Waals surface area contributed by atoms with Gasteiger partial charge in [-0.1, -0.05) is 0 Å². The van der Waals surface area contributed by atoms with E-state index in [-0.39, 0.29) is 32.3 Å². The maximum Gasteiger partial charge on any atom is 0.309 e. The maximum atomic E-state index is 11.6. The van der Waals surface area contributed by atoms with E-state index in [2.05, 4.69) is 18.9 Å². The van der Waals surface area contributed by atoms with E-state index in [1.54, 1.807) is 0 Å². The maximum absolute atomic E-state index is 11.6. The summed E-state index contributed by atoms with van der Waals surface area (Å²) in [7, 11) is 0. The van der Waals surface area contributed by atoms with E-state index in [0.29, 0.717) is 0 Å². The number of Topliss-reactive ketones (excluding diaryl/α,β-unsaturated/α-hetero) is 1. The molecule has 0 heterocycles. The Morgan fingerprint density at radius 2 is 1.10 bits per heavy atom. The predicted octanol–water partition coefficient (Wildman–Crippen LogP) is 0.538. The molecule has 0 amide bonds. The van der Waals surface area contributed by atoms with Gasteiger partial charge in [0.25, 0.3) is 0 Å². The first-order valence-corrected chi connectivity index (χ1v) is 8.98. The van der Waals surface area contributed by atoms with Crippen molar-refractivity contribution in [1.82, 2.24) is 0 Å². The van der Waals surface area contributed by atoms with Crippen LogP contribution in [0, 0.1) is 0 Å². The molecule has 0 rings (SSSR count). The first-order chi connectivity index (χ1) is 14.0. The Morgan fingerprint density at radius 3 is 1.63 bits per heavy atom. The molecule has 0 spiro atoms. The van der Waals surface area contributed by atoms with E-state index in [1.807, 2.05) is 0 Å². The van der Waals surface area contributed by atoms with Crippen LogP contribution in [0.1, 0.15) is 53.4 Å². The summed E-state index contributed by atoms with van der Waals surface area (Å²) >= 11 is 0. The highest BCUT2D eigenvalue weighted by Gasteiger charge is 2.15. The van der Waals surface area contributed by atoms with E-state index in [0.717, 1.165) is 6.92 Å². The number of esters is 5. The molecule has 0 aliphatic carbocycles. The SMILES string of the molecule is CC(=O)OC(C)OCC(=O)CCC(=O)OCOC(=O)CCC(=O)OC(C)OC(C)=O. The molecule has 0 saturated carbocycles. The van der Waals surface area contributed by atoms with Crippen molar-refractivity contribution in [3.8, 4) is 0 Å². The van der Waals surface area contributed by atoms with Crippen LogP contribution in [0.4, 0.5) is 0 Å². The zero-order valence-corrected chi connectivity index (χ0v) is 17.3. The Bertz CT molecular complexity index is 627. The number of rotatable bonds is 14. The summed E-state index contributed by atoms with van der Waals surface area (Å²) in [4.78, 5) is 67.4. The number of hydrogen-bond acceptors (Lipinski definition) is 12. The molecule has 0 aromatic rings. The lowest BCUT2D eigenvalue weighted by Gasteiger charge is -2.12. The minimum absolute atomic E-state index is 0.175. The number of carbonyl (C=O) groups excluding carboxylic acids is 6. The molecule has 170 valence electrons. The molecule has 30 heavy (non-hydrogen) atoms. The van der Waals surface area contributed by atoms with Gasteiger partial charge in [-0.05, 0) is 6.92 Å². The summed E-state index contributed by atoms with van der Waals surface area (Å²) in [6.45, 7) is 4.11. The van der Waals surface area contributed by atoms with E-state index >= 15 is 0 Å². The zero-order chi connectivity index (χ0) is 23.1. The Hall–Kier alpha value is -3.02. The van der Waals surface area contributed by atoms with Crippen molar-refractivity contribution < 1.29 is 57.2 Å². The Kier molecular flexibility index (Phi) is 13.4. The lowest BCUT2D eigenvalue weighted by molar-refractivity contribution is -0.184. The van der Waals surface area contributed by atoms with Crippen molar-refractivity contribution in [3.05, 3.63) is 0 Å². The monoisotopic (exact) mass is 434 g/mol. The lowest BCUT2D eigenvalue weighted by Crippen LogP contribution is -2.21. The number of carbonyl (C=O) groups is 6. The minimum Gasteiger partial charge on any atom is -0.436 e. The molecular formula is C18H26O12. The fourth-order valence-corrected chi connectivity index (χ4v) is 1.80. The van der Waals surface area contributed by atoms with E-state index in [1.165, 1.54) is 20.8 Å². The lowest BCUT2D eigenvalue weighted by atomic mass is 10.2. The van der Waals surface area contributed by atoms with Gasteiger partial charge in [0, 0.05) is 27.2 Å². The average Bonchev–Trinajstić information content (AvgIpc) is 2.61. The molecule has 2 atom stereocenters. The summed E-state index contributed by atoms with van der Waals surface area (Å²) < 4.78 is 28.2. The second-order valence-corrected chi connectivity index (χ2v) is 5.84. The highest BCUT2D eigenvalue weighted by molar-refractivity contribution is 5.84. The second-order valence-electron chi connectivity index (χ2n) is 5.84. The van der Waals surface area contributed by atoms with Gasteiger partial charge < -0.3 is 28.4 Å². The summed E-state index contributed by atoms with van der Waals surface area (Å²) in [5.74, 6) is -3.96. The number of ether oxygens (including phenoxy) is 6. The molecule has 12 nitrogen and oxygen atoms in total. The Balaban J connectivity index is 3.85. The van der Waals surface area contributed by atoms with Crippen molar-refractivity contribution in [3.63, 3.8) is 0 Å². The molecule has 12 heteroatoms. The predicted molar refractivity (Wildman–Crippen MR) is 95.0 cm³/mol. The first-order valence-electron chi connectivity index (χ1n) is 8.98. The molecule has 0 aromatic carbocycles. The largest absolute Gasteiger partial charge is 0.436 e. The van der Waals surface area contributed by atoms with Crippen molar-refractivity contribution in [2.75, 3.05) is 13.4 Å². The average molecular weight is 434 g/mol. The van der Waals surface area contributed by atoms with Crippen molar-refractivity contribution in [2.24, 2.45) is 0 Å². The zero-order valence-electron chi connectivity index (χ0n) is 17.3. The summed E-state index contributed by atoms with van der Waals surface area (Å²) in [6.07, 6.45) is -3.06. The van der Waals surface area contributed by atoms with Crippen molar-refractivity contribution in [1.29, 1.82) is 0 Å². The third kappa shape index (κ3) is 16.0. The van der Waals surface area contributed by atoms with Crippen LogP contribution < -0.4 is 0 Å². The van der Waals surface area contributed by atoms with Crippen LogP contribution in [0.3, 0.4) is 0 Å². The molecule has 0 radical (unpaired) electrons. The van der Waals surface area contributed by atoms with Crippen LogP contribution in [0.15, 0.2) is 0 Å². The third-order valence-electron chi connectivity index (χ3n) is 3.02. The van der Waals surface area contributed by atoms with Crippen LogP contribution in [-0.4, -0.2) is 61.6 Å². The molecule has 0 aromatic heterocycles. The van der Waals surface area contributed by atoms with Gasteiger partial charge in [-0.2, -0.15) is 0 Å². The smallest absolute Gasteiger partial charge is 0.309 e. The van der Waals surface area contributed by atoms with Crippen LogP contribution in [0.5, 0.6) is 0 Å². The second kappa shape index (κ2) is 14.9. The van der Waals surface area contributed by atoms with Crippen LogP contribution >= 0.6 is 0 Å². The van der Waals surface area contributed by atoms with Gasteiger partial charge in [-0.15, -0.1) is 0 Å². The fourth-order valence-electron chi connectivity index (χ4n) is 1.80.